The Kier molecular flexibility index (Phi) is 8.53. The fourth-order valence-electron chi connectivity index (χ4n) is 7.75. The van der Waals surface area contributed by atoms with E-state index in [0.29, 0.717) is 30.4 Å². The lowest BCUT2D eigenvalue weighted by Gasteiger charge is -2.31. The van der Waals surface area contributed by atoms with Crippen LogP contribution in [-0.2, 0) is 11.0 Å². The Balaban J connectivity index is 1.45. The zero-order valence-corrected chi connectivity index (χ0v) is 27.9. The molecule has 0 bridgehead atoms. The van der Waals surface area contributed by atoms with Crippen LogP contribution in [0.1, 0.15) is 30.4 Å². The van der Waals surface area contributed by atoms with E-state index in [1.807, 2.05) is 4.90 Å². The fraction of sp³-hybridized carbons (Fsp3) is 0.412. The van der Waals surface area contributed by atoms with Crippen molar-refractivity contribution in [1.29, 1.82) is 5.26 Å². The van der Waals surface area contributed by atoms with Gasteiger partial charge in [0.15, 0.2) is 5.82 Å². The molecule has 3 aliphatic rings. The maximum Gasteiger partial charge on any atom is 0.417 e. The Morgan fingerprint density at radius 2 is 2.02 bits per heavy atom. The largest absolute Gasteiger partial charge is 0.461 e. The number of carbonyl (C=O) groups is 1. The second-order valence-electron chi connectivity index (χ2n) is 13.1. The molecular formula is C34H30F7N7O2S. The Morgan fingerprint density at radius 1 is 1.25 bits per heavy atom. The van der Waals surface area contributed by atoms with E-state index in [4.69, 9.17) is 10.5 Å². The van der Waals surface area contributed by atoms with Crippen LogP contribution in [0.4, 0.5) is 41.6 Å². The van der Waals surface area contributed by atoms with Gasteiger partial charge in [0.1, 0.15) is 47.2 Å². The number of nitrogens with two attached hydrogens (primary N) is 1. The van der Waals surface area contributed by atoms with Gasteiger partial charge in [0.25, 0.3) is 0 Å². The maximum absolute atomic E-state index is 17.0. The number of benzene rings is 2. The number of hydrogen-bond donors (Lipinski definition) is 1. The number of alkyl halides is 5. The molecule has 17 heteroatoms. The van der Waals surface area contributed by atoms with Gasteiger partial charge in [0.2, 0.25) is 5.91 Å². The minimum atomic E-state index is -5.20. The van der Waals surface area contributed by atoms with Crippen LogP contribution in [-0.4, -0.2) is 89.4 Å². The molecule has 2 aromatic heterocycles. The summed E-state index contributed by atoms with van der Waals surface area (Å²) in [6.07, 6.45) is -5.41. The van der Waals surface area contributed by atoms with Gasteiger partial charge in [0.05, 0.1) is 34.0 Å². The number of nitrogens with zero attached hydrogens (tertiary/aromatic N) is 6. The number of nitrogen functional groups attached to an aromatic ring is 1. The lowest BCUT2D eigenvalue weighted by atomic mass is 9.92. The Labute approximate surface area is 290 Å². The van der Waals surface area contributed by atoms with Crippen molar-refractivity contribution in [3.05, 3.63) is 53.6 Å². The number of anilines is 2. The second kappa shape index (κ2) is 12.5. The van der Waals surface area contributed by atoms with Gasteiger partial charge in [-0.15, -0.1) is 11.3 Å². The van der Waals surface area contributed by atoms with Gasteiger partial charge in [0, 0.05) is 42.9 Å². The van der Waals surface area contributed by atoms with Gasteiger partial charge in [-0.2, -0.15) is 28.4 Å². The van der Waals surface area contributed by atoms with Crippen molar-refractivity contribution in [2.45, 2.75) is 49.4 Å². The molecule has 1 amide bonds. The van der Waals surface area contributed by atoms with Crippen molar-refractivity contribution < 1.29 is 40.3 Å². The minimum absolute atomic E-state index is 0.105. The monoisotopic (exact) mass is 733 g/mol. The van der Waals surface area contributed by atoms with E-state index in [0.717, 1.165) is 24.6 Å². The number of halogens is 7. The van der Waals surface area contributed by atoms with Gasteiger partial charge in [-0.05, 0) is 43.2 Å². The highest BCUT2D eigenvalue weighted by Gasteiger charge is 2.49. The molecule has 0 radical (unpaired) electrons. The third-order valence-corrected chi connectivity index (χ3v) is 11.2. The van der Waals surface area contributed by atoms with E-state index in [-0.39, 0.29) is 59.1 Å². The molecule has 0 unspecified atom stereocenters. The Bertz CT molecular complexity index is 2140. The van der Waals surface area contributed by atoms with Crippen LogP contribution >= 0.6 is 11.3 Å². The number of hydrogen-bond acceptors (Lipinski definition) is 9. The molecule has 9 nitrogen and oxygen atoms in total. The molecule has 3 saturated heterocycles. The summed E-state index contributed by atoms with van der Waals surface area (Å²) in [5.74, 6) is -3.23. The quantitative estimate of drug-likeness (QED) is 0.172. The van der Waals surface area contributed by atoms with Crippen molar-refractivity contribution in [2.75, 3.05) is 50.5 Å². The molecule has 0 saturated carbocycles. The number of rotatable bonds is 7. The number of ether oxygens (including phenoxy) is 1. The van der Waals surface area contributed by atoms with Crippen LogP contribution in [0.25, 0.3) is 32.1 Å². The van der Waals surface area contributed by atoms with Crippen LogP contribution in [0.15, 0.2) is 30.9 Å². The predicted octanol–water partition coefficient (Wildman–Crippen LogP) is 6.39. The number of likely N-dealkylation sites (N-methyl/N-ethyl adjacent to an activating group) is 1. The number of aromatic nitrogens is 2. The van der Waals surface area contributed by atoms with E-state index in [1.165, 1.54) is 16.8 Å². The van der Waals surface area contributed by atoms with Crippen molar-refractivity contribution >= 4 is 49.1 Å². The predicted molar refractivity (Wildman–Crippen MR) is 177 cm³/mol. The lowest BCUT2D eigenvalue weighted by molar-refractivity contribution is -0.137. The van der Waals surface area contributed by atoms with Crippen molar-refractivity contribution in [1.82, 2.24) is 19.8 Å². The summed E-state index contributed by atoms with van der Waals surface area (Å²) in [5, 5.41) is 8.89. The average molecular weight is 734 g/mol. The highest BCUT2D eigenvalue weighted by atomic mass is 32.1. The van der Waals surface area contributed by atoms with Gasteiger partial charge in [-0.1, -0.05) is 12.6 Å². The molecular weight excluding hydrogens is 703 g/mol. The standard InChI is InChI=1S/C34H30F7N7O2S/c1-3-24(49)47-13-22(37)23(14-47)46(2)31-18-9-20(34(39,40)41)26(17-5-6-21(36)29-25(17)19(11-42)30(43)51-29)27(38)28(18)44-32(45-31)50-15-33-7-4-8-48(33)12-16(35)10-33/h3,5-6,9,16,22-23H,1,4,7-8,10,12-15,43H2,2H3/t16-,22-,23+,33+/m1/s1. The van der Waals surface area contributed by atoms with Crippen molar-refractivity contribution in [3.63, 3.8) is 0 Å². The summed E-state index contributed by atoms with van der Waals surface area (Å²) < 4.78 is 113. The van der Waals surface area contributed by atoms with E-state index in [1.54, 1.807) is 6.07 Å². The summed E-state index contributed by atoms with van der Waals surface area (Å²) in [5.41, 5.74) is 1.33. The molecule has 268 valence electrons. The number of likely N-dealkylation sites (tertiary alicyclic amines) is 1. The minimum Gasteiger partial charge on any atom is -0.461 e. The average Bonchev–Trinajstić information content (AvgIpc) is 3.83. The van der Waals surface area contributed by atoms with Gasteiger partial charge in [-0.25, -0.2) is 17.6 Å². The highest BCUT2D eigenvalue weighted by molar-refractivity contribution is 7.23. The summed E-state index contributed by atoms with van der Waals surface area (Å²) in [4.78, 5) is 25.2. The normalized spacial score (nSPS) is 23.6. The molecule has 4 aromatic rings. The second-order valence-corrected chi connectivity index (χ2v) is 14.1. The van der Waals surface area contributed by atoms with E-state index >= 15 is 8.78 Å². The van der Waals surface area contributed by atoms with Gasteiger partial charge < -0.3 is 20.3 Å². The smallest absolute Gasteiger partial charge is 0.417 e. The first-order valence-electron chi connectivity index (χ1n) is 16.0. The first-order valence-corrected chi connectivity index (χ1v) is 16.8. The molecule has 3 fully saturated rings. The topological polar surface area (TPSA) is 112 Å². The maximum atomic E-state index is 17.0. The van der Waals surface area contributed by atoms with E-state index in [9.17, 15) is 32.0 Å². The molecule has 51 heavy (non-hydrogen) atoms. The molecule has 2 N–H and O–H groups in total. The van der Waals surface area contributed by atoms with E-state index < -0.39 is 81.2 Å². The fourth-order valence-corrected chi connectivity index (χ4v) is 8.70. The van der Waals surface area contributed by atoms with Crippen LogP contribution in [0.2, 0.25) is 0 Å². The molecule has 7 rings (SSSR count). The Hall–Kier alpha value is -4.69. The van der Waals surface area contributed by atoms with Crippen LogP contribution < -0.4 is 15.4 Å². The van der Waals surface area contributed by atoms with Crippen molar-refractivity contribution in [2.24, 2.45) is 0 Å². The number of fused-ring (bicyclic) bond motifs is 3. The zero-order chi connectivity index (χ0) is 36.6. The summed E-state index contributed by atoms with van der Waals surface area (Å²) >= 11 is 0.638. The molecule has 4 atom stereocenters. The van der Waals surface area contributed by atoms with Crippen molar-refractivity contribution in [3.8, 4) is 23.2 Å². The third kappa shape index (κ3) is 5.68. The number of nitriles is 1. The molecule has 3 aliphatic heterocycles. The Morgan fingerprint density at radius 3 is 2.73 bits per heavy atom. The number of carbonyl (C=O) groups excluding carboxylic acids is 1. The molecule has 0 spiro atoms. The first kappa shape index (κ1) is 34.7. The van der Waals surface area contributed by atoms with Crippen LogP contribution in [0, 0.1) is 23.0 Å². The highest BCUT2D eigenvalue weighted by Crippen LogP contribution is 2.48. The van der Waals surface area contributed by atoms with Gasteiger partial charge in [-0.3, -0.25) is 9.69 Å². The first-order chi connectivity index (χ1) is 24.2. The van der Waals surface area contributed by atoms with Crippen LogP contribution in [0.5, 0.6) is 6.01 Å². The lowest BCUT2D eigenvalue weighted by Crippen LogP contribution is -2.43. The summed E-state index contributed by atoms with van der Waals surface area (Å²) in [6, 6.07) is 2.63. The van der Waals surface area contributed by atoms with Gasteiger partial charge >= 0.3 is 12.2 Å². The summed E-state index contributed by atoms with van der Waals surface area (Å²) in [7, 11) is 1.35. The zero-order valence-electron chi connectivity index (χ0n) is 27.0. The number of thiophene rings is 1. The molecule has 2 aromatic carbocycles. The third-order valence-electron chi connectivity index (χ3n) is 10.2. The van der Waals surface area contributed by atoms with Crippen LogP contribution in [0.3, 0.4) is 0 Å². The SMILES string of the molecule is C=CC(=O)N1C[C@@H](F)[C@@H](N(C)c2nc(OC[C@@]34CCCN3C[C@H](F)C4)nc3c(F)c(-c4ccc(F)c5sc(N)c(C#N)c45)c(C(F)(F)F)cc23)C1. The number of amides is 1. The molecule has 0 aliphatic carbocycles. The molecule has 5 heterocycles. The summed E-state index contributed by atoms with van der Waals surface area (Å²) in [6.45, 7) is 3.65. The van der Waals surface area contributed by atoms with E-state index in [2.05, 4.69) is 16.5 Å².